The van der Waals surface area contributed by atoms with Gasteiger partial charge < -0.3 is 10.3 Å². The van der Waals surface area contributed by atoms with Crippen LogP contribution in [0, 0.1) is 11.3 Å². The van der Waals surface area contributed by atoms with Crippen molar-refractivity contribution >= 4 is 16.6 Å². The highest BCUT2D eigenvalue weighted by atomic mass is 15.1. The van der Waals surface area contributed by atoms with Crippen molar-refractivity contribution in [2.45, 2.75) is 25.3 Å². The third-order valence-corrected chi connectivity index (χ3v) is 5.34. The molecule has 2 aromatic heterocycles. The third-order valence-electron chi connectivity index (χ3n) is 5.34. The molecule has 1 atom stereocenters. The molecule has 1 unspecified atom stereocenters. The fourth-order valence-corrected chi connectivity index (χ4v) is 4.02. The van der Waals surface area contributed by atoms with Crippen LogP contribution in [0.4, 0.5) is 5.69 Å². The van der Waals surface area contributed by atoms with Crippen LogP contribution < -0.4 is 5.32 Å². The summed E-state index contributed by atoms with van der Waals surface area (Å²) in [6, 6.07) is 18.9. The van der Waals surface area contributed by atoms with E-state index >= 15 is 0 Å². The van der Waals surface area contributed by atoms with Gasteiger partial charge in [-0.1, -0.05) is 6.07 Å². The molecule has 2 heterocycles. The molecule has 0 bridgehead atoms. The van der Waals surface area contributed by atoms with Gasteiger partial charge in [-0.3, -0.25) is 5.10 Å². The van der Waals surface area contributed by atoms with Crippen LogP contribution in [0.15, 0.2) is 54.7 Å². The number of nitriles is 1. The second kappa shape index (κ2) is 6.33. The van der Waals surface area contributed by atoms with E-state index in [2.05, 4.69) is 50.8 Å². The summed E-state index contributed by atoms with van der Waals surface area (Å²) < 4.78 is 0. The molecule has 0 aliphatic heterocycles. The summed E-state index contributed by atoms with van der Waals surface area (Å²) >= 11 is 0. The van der Waals surface area contributed by atoms with Gasteiger partial charge >= 0.3 is 0 Å². The number of hydrogen-bond acceptors (Lipinski definition) is 3. The summed E-state index contributed by atoms with van der Waals surface area (Å²) in [4.78, 5) is 3.23. The molecule has 132 valence electrons. The van der Waals surface area contributed by atoms with Crippen LogP contribution in [0.2, 0.25) is 0 Å². The Morgan fingerprint density at radius 3 is 2.96 bits per heavy atom. The van der Waals surface area contributed by atoms with Crippen LogP contribution in [0.1, 0.15) is 35.6 Å². The average Bonchev–Trinajstić information content (AvgIpc) is 3.37. The van der Waals surface area contributed by atoms with Gasteiger partial charge in [-0.05, 0) is 72.9 Å². The summed E-state index contributed by atoms with van der Waals surface area (Å²) in [5.74, 6) is 0. The van der Waals surface area contributed by atoms with Crippen LogP contribution in [0.3, 0.4) is 0 Å². The van der Waals surface area contributed by atoms with Crippen molar-refractivity contribution in [1.29, 1.82) is 5.26 Å². The van der Waals surface area contributed by atoms with E-state index in [0.29, 0.717) is 0 Å². The monoisotopic (exact) mass is 353 g/mol. The lowest BCUT2D eigenvalue weighted by molar-refractivity contribution is 0.600. The number of aromatic amines is 2. The van der Waals surface area contributed by atoms with Crippen molar-refractivity contribution in [3.8, 4) is 17.5 Å². The Balaban J connectivity index is 1.49. The molecular weight excluding hydrogens is 334 g/mol. The van der Waals surface area contributed by atoms with Gasteiger partial charge in [0.1, 0.15) is 5.69 Å². The molecule has 0 radical (unpaired) electrons. The minimum absolute atomic E-state index is 0.264. The summed E-state index contributed by atoms with van der Waals surface area (Å²) in [7, 11) is 0. The summed E-state index contributed by atoms with van der Waals surface area (Å²) in [6.07, 6.45) is 5.17. The van der Waals surface area contributed by atoms with Gasteiger partial charge in [0, 0.05) is 17.3 Å². The second-order valence-electron chi connectivity index (χ2n) is 7.03. The fraction of sp³-hybridized carbons (Fsp3) is 0.182. The lowest BCUT2D eigenvalue weighted by atomic mass is 9.86. The molecule has 4 aromatic rings. The highest BCUT2D eigenvalue weighted by molar-refractivity contribution is 5.94. The summed E-state index contributed by atoms with van der Waals surface area (Å²) in [5.41, 5.74) is 7.37. The van der Waals surface area contributed by atoms with Gasteiger partial charge in [-0.25, -0.2) is 0 Å². The topological polar surface area (TPSA) is 80.3 Å². The lowest BCUT2D eigenvalue weighted by Gasteiger charge is -2.27. The van der Waals surface area contributed by atoms with Crippen molar-refractivity contribution in [2.24, 2.45) is 0 Å². The standard InChI is InChI=1S/C22H19N5/c23-13-14-6-8-17-15(11-14)3-1-4-19(17)25-16-7-9-20-18(12-16)22(27-26-20)21-5-2-10-24-21/h2,5-12,19,24-25H,1,3-4H2,(H,26,27). The number of aromatic nitrogens is 3. The van der Waals surface area contributed by atoms with Crippen molar-refractivity contribution in [1.82, 2.24) is 15.2 Å². The zero-order chi connectivity index (χ0) is 18.2. The Morgan fingerprint density at radius 1 is 1.15 bits per heavy atom. The Hall–Kier alpha value is -3.52. The summed E-state index contributed by atoms with van der Waals surface area (Å²) in [6.45, 7) is 0. The third kappa shape index (κ3) is 2.76. The first kappa shape index (κ1) is 15.7. The molecule has 5 heteroatoms. The Kier molecular flexibility index (Phi) is 3.68. The van der Waals surface area contributed by atoms with E-state index in [1.165, 1.54) is 11.1 Å². The maximum Gasteiger partial charge on any atom is 0.116 e. The molecule has 5 rings (SSSR count). The number of aryl methyl sites for hydroxylation is 1. The highest BCUT2D eigenvalue weighted by Crippen LogP contribution is 2.34. The number of H-pyrrole nitrogens is 2. The normalized spacial score (nSPS) is 16.0. The van der Waals surface area contributed by atoms with Crippen molar-refractivity contribution in [3.05, 3.63) is 71.4 Å². The largest absolute Gasteiger partial charge is 0.378 e. The number of rotatable bonds is 3. The van der Waals surface area contributed by atoms with Gasteiger partial charge in [0.25, 0.3) is 0 Å². The molecule has 0 amide bonds. The Bertz CT molecular complexity index is 1150. The number of fused-ring (bicyclic) bond motifs is 2. The Morgan fingerprint density at radius 2 is 2.11 bits per heavy atom. The summed E-state index contributed by atoms with van der Waals surface area (Å²) in [5, 5.41) is 21.5. The zero-order valence-electron chi connectivity index (χ0n) is 14.8. The number of anilines is 1. The number of benzene rings is 2. The van der Waals surface area contributed by atoms with Gasteiger partial charge in [0.15, 0.2) is 0 Å². The van der Waals surface area contributed by atoms with E-state index in [-0.39, 0.29) is 6.04 Å². The Labute approximate surface area is 157 Å². The fourth-order valence-electron chi connectivity index (χ4n) is 4.02. The second-order valence-corrected chi connectivity index (χ2v) is 7.03. The van der Waals surface area contributed by atoms with E-state index in [9.17, 15) is 0 Å². The van der Waals surface area contributed by atoms with E-state index in [4.69, 9.17) is 5.26 Å². The van der Waals surface area contributed by atoms with Gasteiger partial charge in [-0.2, -0.15) is 10.4 Å². The van der Waals surface area contributed by atoms with Crippen LogP contribution in [0.25, 0.3) is 22.3 Å². The number of nitrogens with zero attached hydrogens (tertiary/aromatic N) is 2. The predicted octanol–water partition coefficient (Wildman–Crippen LogP) is 4.92. The number of nitrogens with one attached hydrogen (secondary N) is 3. The molecule has 3 N–H and O–H groups in total. The van der Waals surface area contributed by atoms with Crippen LogP contribution >= 0.6 is 0 Å². The molecule has 5 nitrogen and oxygen atoms in total. The highest BCUT2D eigenvalue weighted by Gasteiger charge is 2.21. The zero-order valence-corrected chi connectivity index (χ0v) is 14.8. The average molecular weight is 353 g/mol. The van der Waals surface area contributed by atoms with Crippen LogP contribution in [-0.4, -0.2) is 15.2 Å². The van der Waals surface area contributed by atoms with Gasteiger partial charge in [0.05, 0.1) is 28.9 Å². The van der Waals surface area contributed by atoms with Crippen molar-refractivity contribution in [3.63, 3.8) is 0 Å². The lowest BCUT2D eigenvalue weighted by Crippen LogP contribution is -2.17. The van der Waals surface area contributed by atoms with E-state index in [1.807, 2.05) is 30.5 Å². The predicted molar refractivity (Wildman–Crippen MR) is 106 cm³/mol. The van der Waals surface area contributed by atoms with E-state index in [0.717, 1.165) is 52.8 Å². The quantitative estimate of drug-likeness (QED) is 0.489. The van der Waals surface area contributed by atoms with Gasteiger partial charge in [-0.15, -0.1) is 0 Å². The molecule has 0 spiro atoms. The maximum atomic E-state index is 9.15. The smallest absolute Gasteiger partial charge is 0.116 e. The first-order valence-corrected chi connectivity index (χ1v) is 9.23. The first-order chi connectivity index (χ1) is 13.3. The SMILES string of the molecule is N#Cc1ccc2c(c1)CCCC2Nc1ccc2[nH]nc(-c3ccc[nH]3)c2c1. The van der Waals surface area contributed by atoms with Crippen molar-refractivity contribution < 1.29 is 0 Å². The van der Waals surface area contributed by atoms with Crippen molar-refractivity contribution in [2.75, 3.05) is 5.32 Å². The number of hydrogen-bond donors (Lipinski definition) is 3. The van der Waals surface area contributed by atoms with Crippen LogP contribution in [-0.2, 0) is 6.42 Å². The minimum Gasteiger partial charge on any atom is -0.378 e. The first-order valence-electron chi connectivity index (χ1n) is 9.23. The van der Waals surface area contributed by atoms with Crippen LogP contribution in [0.5, 0.6) is 0 Å². The molecule has 1 aliphatic carbocycles. The molecule has 1 aliphatic rings. The van der Waals surface area contributed by atoms with E-state index < -0.39 is 0 Å². The molecule has 2 aromatic carbocycles. The molecule has 0 fully saturated rings. The van der Waals surface area contributed by atoms with Gasteiger partial charge in [0.2, 0.25) is 0 Å². The molecule has 0 saturated carbocycles. The maximum absolute atomic E-state index is 9.15. The minimum atomic E-state index is 0.264. The molecule has 27 heavy (non-hydrogen) atoms. The molecular formula is C22H19N5. The van der Waals surface area contributed by atoms with E-state index in [1.54, 1.807) is 0 Å². The molecule has 0 saturated heterocycles.